The Bertz CT molecular complexity index is 1380. The normalized spacial score (nSPS) is 50.4. The highest BCUT2D eigenvalue weighted by atomic mass is 16.7. The zero-order valence-corrected chi connectivity index (χ0v) is 30.2. The van der Waals surface area contributed by atoms with Crippen molar-refractivity contribution in [2.75, 3.05) is 13.7 Å². The van der Waals surface area contributed by atoms with Crippen molar-refractivity contribution in [3.63, 3.8) is 0 Å². The van der Waals surface area contributed by atoms with Gasteiger partial charge in [-0.15, -0.1) is 0 Å². The van der Waals surface area contributed by atoms with Gasteiger partial charge >= 0.3 is 5.97 Å². The zero-order valence-electron chi connectivity index (χ0n) is 30.2. The molecule has 5 aliphatic heterocycles. The summed E-state index contributed by atoms with van der Waals surface area (Å²) in [5, 5.41) is 23.4. The van der Waals surface area contributed by atoms with Crippen LogP contribution in [0.4, 0.5) is 0 Å². The van der Waals surface area contributed by atoms with Crippen LogP contribution >= 0.6 is 0 Å². The smallest absolute Gasteiger partial charge is 0.316 e. The number of ether oxygens (including phenoxy) is 7. The third-order valence-electron chi connectivity index (χ3n) is 11.8. The largest absolute Gasteiger partial charge is 0.462 e. The van der Waals surface area contributed by atoms with Gasteiger partial charge in [0.25, 0.3) is 0 Å². The van der Waals surface area contributed by atoms with Crippen molar-refractivity contribution < 1.29 is 48.2 Å². The van der Waals surface area contributed by atoms with Crippen LogP contribution in [0.15, 0.2) is 59.3 Å². The van der Waals surface area contributed by atoms with E-state index in [4.69, 9.17) is 33.2 Å². The molecule has 6 rings (SSSR count). The summed E-state index contributed by atoms with van der Waals surface area (Å²) in [6.07, 6.45) is 11.7. The number of aliphatic hydroxyl groups is 2. The first-order valence-electron chi connectivity index (χ1n) is 18.1. The number of esters is 1. The molecule has 3 saturated heterocycles. The molecule has 49 heavy (non-hydrogen) atoms. The van der Waals surface area contributed by atoms with Gasteiger partial charge in [-0.3, -0.25) is 4.79 Å². The van der Waals surface area contributed by atoms with Gasteiger partial charge in [-0.05, 0) is 56.9 Å². The van der Waals surface area contributed by atoms with E-state index < -0.39 is 47.9 Å². The lowest BCUT2D eigenvalue weighted by Crippen LogP contribution is -2.58. The number of hydrogen-bond donors (Lipinski definition) is 2. The van der Waals surface area contributed by atoms with Crippen molar-refractivity contribution in [2.45, 2.75) is 141 Å². The number of methoxy groups -OCH3 is 1. The van der Waals surface area contributed by atoms with Crippen LogP contribution < -0.4 is 0 Å². The minimum Gasteiger partial charge on any atom is -0.462 e. The van der Waals surface area contributed by atoms with E-state index in [1.165, 1.54) is 0 Å². The molecule has 1 spiro atoms. The van der Waals surface area contributed by atoms with Gasteiger partial charge in [0.05, 0.1) is 37.1 Å². The predicted octanol–water partition coefficient (Wildman–Crippen LogP) is 5.09. The lowest BCUT2D eigenvalue weighted by molar-refractivity contribution is -0.292. The van der Waals surface area contributed by atoms with E-state index in [9.17, 15) is 15.0 Å². The summed E-state index contributed by atoms with van der Waals surface area (Å²) < 4.78 is 44.3. The summed E-state index contributed by atoms with van der Waals surface area (Å²) in [6.45, 7) is 14.3. The molecule has 5 heterocycles. The second kappa shape index (κ2) is 14.5. The Morgan fingerprint density at radius 2 is 1.73 bits per heavy atom. The number of carbonyl (C=O) groups excluding carboxylic acids is 1. The highest BCUT2D eigenvalue weighted by Gasteiger charge is 2.60. The first-order chi connectivity index (χ1) is 23.2. The minimum atomic E-state index is -1.78. The standard InChI is InChI=1S/C39H56O10/c1-21-14-15-38(48-26(21)6)19-30-17-29(49-38)13-12-23(3)35(47-33-18-32(43-8)25(5)27(7)45-33)22(2)10-9-11-28-20-44-36-34(40)24(4)16-31(37(41)46-30)39(28,36)42/h9-12,14-16,21-22,25-27,29-36,40,42H,13,17-20H2,1-8H3/b10-9+,23-12+,28-11+/t21-,22-,25-,26+,27-,29+,30-,31-,32-,33-,34+,35-,36+,38-,39+/m0/s1. The number of allylic oxidation sites excluding steroid dienone is 2. The fraction of sp³-hybridized carbons (Fsp3) is 0.718. The van der Waals surface area contributed by atoms with E-state index in [0.717, 1.165) is 5.57 Å². The van der Waals surface area contributed by atoms with Crippen molar-refractivity contribution in [3.05, 3.63) is 59.3 Å². The molecule has 2 bridgehead atoms. The Kier molecular flexibility index (Phi) is 10.8. The third kappa shape index (κ3) is 7.17. The highest BCUT2D eigenvalue weighted by molar-refractivity contribution is 5.78. The fourth-order valence-electron chi connectivity index (χ4n) is 8.33. The van der Waals surface area contributed by atoms with Crippen LogP contribution in [0.25, 0.3) is 0 Å². The van der Waals surface area contributed by atoms with Gasteiger partial charge in [0, 0.05) is 44.1 Å². The Morgan fingerprint density at radius 3 is 2.47 bits per heavy atom. The Balaban J connectivity index is 1.38. The molecule has 0 aromatic carbocycles. The van der Waals surface area contributed by atoms with Crippen molar-refractivity contribution in [2.24, 2.45) is 23.7 Å². The van der Waals surface area contributed by atoms with Gasteiger partial charge < -0.3 is 43.4 Å². The van der Waals surface area contributed by atoms with Gasteiger partial charge in [-0.25, -0.2) is 0 Å². The average Bonchev–Trinajstić information content (AvgIpc) is 3.40. The molecule has 2 N–H and O–H groups in total. The fourth-order valence-corrected chi connectivity index (χ4v) is 8.33. The summed E-state index contributed by atoms with van der Waals surface area (Å²) in [7, 11) is 1.74. The lowest BCUT2D eigenvalue weighted by atomic mass is 9.71. The van der Waals surface area contributed by atoms with Gasteiger partial charge in [0.1, 0.15) is 29.8 Å². The van der Waals surface area contributed by atoms with Crippen LogP contribution in [0.2, 0.25) is 0 Å². The molecular formula is C39H56O10. The van der Waals surface area contributed by atoms with Crippen LogP contribution in [-0.2, 0) is 38.0 Å². The third-order valence-corrected chi connectivity index (χ3v) is 11.8. The second-order valence-corrected chi connectivity index (χ2v) is 15.3. The molecule has 10 nitrogen and oxygen atoms in total. The van der Waals surface area contributed by atoms with Crippen LogP contribution in [0.3, 0.4) is 0 Å². The number of hydrogen-bond acceptors (Lipinski definition) is 10. The van der Waals surface area contributed by atoms with Gasteiger partial charge in [-0.1, -0.05) is 57.2 Å². The molecule has 6 aliphatic rings. The molecular weight excluding hydrogens is 628 g/mol. The Morgan fingerprint density at radius 1 is 0.959 bits per heavy atom. The van der Waals surface area contributed by atoms with Crippen LogP contribution in [0, 0.1) is 23.7 Å². The zero-order chi connectivity index (χ0) is 35.2. The lowest BCUT2D eigenvalue weighted by Gasteiger charge is -2.47. The maximum atomic E-state index is 14.1. The average molecular weight is 685 g/mol. The Labute approximate surface area is 291 Å². The molecule has 0 radical (unpaired) electrons. The summed E-state index contributed by atoms with van der Waals surface area (Å²) in [5.41, 5.74) is 0.312. The quantitative estimate of drug-likeness (QED) is 0.307. The predicted molar refractivity (Wildman–Crippen MR) is 182 cm³/mol. The van der Waals surface area contributed by atoms with Crippen molar-refractivity contribution in [3.8, 4) is 0 Å². The van der Waals surface area contributed by atoms with Crippen molar-refractivity contribution >= 4 is 5.97 Å². The molecule has 3 fully saturated rings. The van der Waals surface area contributed by atoms with E-state index in [-0.39, 0.29) is 54.9 Å². The van der Waals surface area contributed by atoms with E-state index in [1.54, 1.807) is 26.2 Å². The monoisotopic (exact) mass is 684 g/mol. The molecule has 15 atom stereocenters. The minimum absolute atomic E-state index is 0.0208. The summed E-state index contributed by atoms with van der Waals surface area (Å²) in [5.74, 6) is -2.31. The van der Waals surface area contributed by atoms with E-state index in [1.807, 2.05) is 25.2 Å². The van der Waals surface area contributed by atoms with Crippen molar-refractivity contribution in [1.29, 1.82) is 0 Å². The SMILES string of the molecule is CO[C@H]1C[C@H](O[C@@H]2/C(C)=C/C[C@@H]3C[C@@H](C[C@]4(C=C[C@H](C)[C@@H](C)O4)O3)OC(=O)[C@@H]3C=C(C)[C@@H](O)[C@H]4OC/C(=C\C=C\[C@@H]2C)[C@]43O)O[C@@H](C)[C@@H]1C. The first-order valence-corrected chi connectivity index (χ1v) is 18.1. The topological polar surface area (TPSA) is 122 Å². The van der Waals surface area contributed by atoms with Crippen molar-refractivity contribution in [1.82, 2.24) is 0 Å². The molecule has 272 valence electrons. The van der Waals surface area contributed by atoms with Crippen LogP contribution in [-0.4, -0.2) is 96.4 Å². The number of aliphatic hydroxyl groups excluding tert-OH is 1. The maximum absolute atomic E-state index is 14.1. The maximum Gasteiger partial charge on any atom is 0.316 e. The number of carbonyl (C=O) groups is 1. The van der Waals surface area contributed by atoms with E-state index >= 15 is 0 Å². The summed E-state index contributed by atoms with van der Waals surface area (Å²) >= 11 is 0. The Hall–Kier alpha value is -2.15. The number of rotatable bonds is 3. The highest BCUT2D eigenvalue weighted by Crippen LogP contribution is 2.46. The van der Waals surface area contributed by atoms with E-state index in [0.29, 0.717) is 36.8 Å². The number of fused-ring (bicyclic) bond motifs is 2. The molecule has 10 heteroatoms. The van der Waals surface area contributed by atoms with Crippen LogP contribution in [0.1, 0.15) is 74.1 Å². The summed E-state index contributed by atoms with van der Waals surface area (Å²) in [6, 6.07) is 0. The van der Waals surface area contributed by atoms with E-state index in [2.05, 4.69) is 46.8 Å². The van der Waals surface area contributed by atoms with Gasteiger partial charge in [0.2, 0.25) is 0 Å². The van der Waals surface area contributed by atoms with Crippen LogP contribution in [0.5, 0.6) is 0 Å². The van der Waals surface area contributed by atoms with Gasteiger partial charge in [0.15, 0.2) is 12.1 Å². The molecule has 0 amide bonds. The molecule has 0 saturated carbocycles. The first kappa shape index (κ1) is 36.6. The molecule has 0 aromatic rings. The molecule has 0 aromatic heterocycles. The molecule has 0 unspecified atom stereocenters. The summed E-state index contributed by atoms with van der Waals surface area (Å²) in [4.78, 5) is 14.1. The van der Waals surface area contributed by atoms with Gasteiger partial charge in [-0.2, -0.15) is 0 Å². The molecule has 1 aliphatic carbocycles. The second-order valence-electron chi connectivity index (χ2n) is 15.3.